The second kappa shape index (κ2) is 7.19. The van der Waals surface area contributed by atoms with Gasteiger partial charge in [-0.3, -0.25) is 0 Å². The van der Waals surface area contributed by atoms with Crippen LogP contribution in [0.5, 0.6) is 5.75 Å². The van der Waals surface area contributed by atoms with Crippen molar-refractivity contribution in [1.29, 1.82) is 0 Å². The number of hydrogen-bond donors (Lipinski definition) is 2. The molecule has 0 amide bonds. The fourth-order valence-electron chi connectivity index (χ4n) is 2.77. The molecule has 5 nitrogen and oxygen atoms in total. The zero-order valence-electron chi connectivity index (χ0n) is 14.4. The maximum Gasteiger partial charge on any atom is 0.336 e. The number of nitrogens with one attached hydrogen (secondary N) is 1. The summed E-state index contributed by atoms with van der Waals surface area (Å²) in [5, 5.41) is 10.2. The normalized spacial score (nSPS) is 11.0. The second-order valence-corrected chi connectivity index (χ2v) is 7.06. The molecule has 1 aromatic heterocycles. The van der Waals surface area contributed by atoms with Gasteiger partial charge in [0.05, 0.1) is 16.6 Å². The molecule has 3 rings (SSSR count). The summed E-state index contributed by atoms with van der Waals surface area (Å²) in [5.41, 5.74) is 4.76. The number of aromatic amines is 1. The van der Waals surface area contributed by atoms with Crippen LogP contribution in [-0.4, -0.2) is 26.8 Å². The molecule has 1 heterocycles. The van der Waals surface area contributed by atoms with Gasteiger partial charge >= 0.3 is 5.97 Å². The van der Waals surface area contributed by atoms with Crippen LogP contribution in [-0.2, 0) is 6.61 Å². The molecule has 0 radical (unpaired) electrons. The van der Waals surface area contributed by atoms with Crippen LogP contribution in [0.25, 0.3) is 11.0 Å². The predicted octanol–water partition coefficient (Wildman–Crippen LogP) is 4.57. The van der Waals surface area contributed by atoms with Gasteiger partial charge in [0.1, 0.15) is 12.4 Å². The summed E-state index contributed by atoms with van der Waals surface area (Å²) in [7, 11) is 0. The molecule has 0 aliphatic carbocycles. The number of nitrogens with zero attached hydrogens (tertiary/aromatic N) is 1. The number of fused-ring (bicyclic) bond motifs is 1. The van der Waals surface area contributed by atoms with Gasteiger partial charge in [0.25, 0.3) is 0 Å². The number of H-pyrrole nitrogens is 1. The molecule has 3 aromatic rings. The molecule has 0 aliphatic rings. The highest BCUT2D eigenvalue weighted by molar-refractivity contribution is 7.99. The molecule has 0 fully saturated rings. The molecule has 0 atom stereocenters. The number of ether oxygens (including phenoxy) is 1. The van der Waals surface area contributed by atoms with E-state index >= 15 is 0 Å². The van der Waals surface area contributed by atoms with Crippen molar-refractivity contribution in [3.05, 3.63) is 52.6 Å². The van der Waals surface area contributed by atoms with E-state index in [0.29, 0.717) is 11.3 Å². The first-order chi connectivity index (χ1) is 12.0. The third-order valence-electron chi connectivity index (χ3n) is 4.03. The first-order valence-corrected chi connectivity index (χ1v) is 9.06. The van der Waals surface area contributed by atoms with Crippen molar-refractivity contribution in [3.63, 3.8) is 0 Å². The third kappa shape index (κ3) is 3.64. The van der Waals surface area contributed by atoms with Crippen LogP contribution in [0, 0.1) is 13.8 Å². The SMILES string of the molecule is CCSc1nc2c(C)cc(OCc3c(C)cccc3C(=O)O)cc2[nH]1. The summed E-state index contributed by atoms with van der Waals surface area (Å²) in [6.45, 7) is 6.18. The van der Waals surface area contributed by atoms with Crippen LogP contribution >= 0.6 is 11.8 Å². The average Bonchev–Trinajstić information content (AvgIpc) is 2.97. The van der Waals surface area contributed by atoms with Gasteiger partial charge in [-0.2, -0.15) is 0 Å². The zero-order valence-corrected chi connectivity index (χ0v) is 15.2. The van der Waals surface area contributed by atoms with Gasteiger partial charge in [-0.05, 0) is 42.9 Å². The molecule has 6 heteroatoms. The minimum atomic E-state index is -0.941. The minimum absolute atomic E-state index is 0.212. The number of carboxylic acid groups (broad SMARTS) is 1. The van der Waals surface area contributed by atoms with Crippen LogP contribution in [0.4, 0.5) is 0 Å². The lowest BCUT2D eigenvalue weighted by Crippen LogP contribution is -2.07. The number of imidazole rings is 1. The van der Waals surface area contributed by atoms with E-state index in [0.717, 1.165) is 33.1 Å². The van der Waals surface area contributed by atoms with Crippen LogP contribution in [0.15, 0.2) is 35.5 Å². The number of thioether (sulfide) groups is 1. The Morgan fingerprint density at radius 1 is 1.28 bits per heavy atom. The molecule has 0 bridgehead atoms. The maximum absolute atomic E-state index is 11.4. The Bertz CT molecular complexity index is 934. The van der Waals surface area contributed by atoms with Gasteiger partial charge in [-0.1, -0.05) is 30.8 Å². The molecule has 0 aliphatic heterocycles. The highest BCUT2D eigenvalue weighted by atomic mass is 32.2. The van der Waals surface area contributed by atoms with E-state index in [2.05, 4.69) is 16.9 Å². The molecule has 0 unspecified atom stereocenters. The van der Waals surface area contributed by atoms with Crippen molar-refractivity contribution in [2.75, 3.05) is 5.75 Å². The number of carbonyl (C=O) groups is 1. The topological polar surface area (TPSA) is 75.2 Å². The van der Waals surface area contributed by atoms with E-state index in [1.54, 1.807) is 23.9 Å². The fourth-order valence-corrected chi connectivity index (χ4v) is 3.38. The maximum atomic E-state index is 11.4. The lowest BCUT2D eigenvalue weighted by atomic mass is 10.0. The molecule has 25 heavy (non-hydrogen) atoms. The second-order valence-electron chi connectivity index (χ2n) is 5.81. The van der Waals surface area contributed by atoms with Crippen LogP contribution in [0.1, 0.15) is 34.0 Å². The Balaban J connectivity index is 1.88. The lowest BCUT2D eigenvalue weighted by Gasteiger charge is -2.12. The van der Waals surface area contributed by atoms with Crippen molar-refractivity contribution in [2.24, 2.45) is 0 Å². The highest BCUT2D eigenvalue weighted by Crippen LogP contribution is 2.27. The summed E-state index contributed by atoms with van der Waals surface area (Å²) < 4.78 is 5.90. The van der Waals surface area contributed by atoms with E-state index < -0.39 is 5.97 Å². The Hall–Kier alpha value is -2.47. The Kier molecular flexibility index (Phi) is 4.99. The van der Waals surface area contributed by atoms with Gasteiger partial charge < -0.3 is 14.8 Å². The monoisotopic (exact) mass is 356 g/mol. The number of aromatic carboxylic acids is 1. The first-order valence-electron chi connectivity index (χ1n) is 8.07. The Morgan fingerprint density at radius 2 is 2.08 bits per heavy atom. The predicted molar refractivity (Wildman–Crippen MR) is 99.7 cm³/mol. The number of aromatic nitrogens is 2. The van der Waals surface area contributed by atoms with Gasteiger partial charge in [0, 0.05) is 11.6 Å². The van der Waals surface area contributed by atoms with E-state index in [-0.39, 0.29) is 12.2 Å². The van der Waals surface area contributed by atoms with Gasteiger partial charge in [0.15, 0.2) is 5.16 Å². The van der Waals surface area contributed by atoms with E-state index in [9.17, 15) is 9.90 Å². The van der Waals surface area contributed by atoms with Crippen LogP contribution in [0.2, 0.25) is 0 Å². The minimum Gasteiger partial charge on any atom is -0.489 e. The van der Waals surface area contributed by atoms with Crippen LogP contribution in [0.3, 0.4) is 0 Å². The quantitative estimate of drug-likeness (QED) is 0.633. The van der Waals surface area contributed by atoms with Gasteiger partial charge in [0.2, 0.25) is 0 Å². The number of hydrogen-bond acceptors (Lipinski definition) is 4. The highest BCUT2D eigenvalue weighted by Gasteiger charge is 2.13. The van der Waals surface area contributed by atoms with E-state index in [1.165, 1.54) is 0 Å². The number of carboxylic acids is 1. The molecule has 0 saturated heterocycles. The van der Waals surface area contributed by atoms with Gasteiger partial charge in [-0.25, -0.2) is 9.78 Å². The smallest absolute Gasteiger partial charge is 0.336 e. The lowest BCUT2D eigenvalue weighted by molar-refractivity contribution is 0.0693. The van der Waals surface area contributed by atoms with Crippen molar-refractivity contribution < 1.29 is 14.6 Å². The zero-order chi connectivity index (χ0) is 18.0. The molecular weight excluding hydrogens is 336 g/mol. The van der Waals surface area contributed by atoms with E-state index in [4.69, 9.17) is 4.74 Å². The van der Waals surface area contributed by atoms with Gasteiger partial charge in [-0.15, -0.1) is 0 Å². The summed E-state index contributed by atoms with van der Waals surface area (Å²) in [6.07, 6.45) is 0. The fraction of sp³-hybridized carbons (Fsp3) is 0.263. The number of rotatable bonds is 6. The van der Waals surface area contributed by atoms with Crippen molar-refractivity contribution in [1.82, 2.24) is 9.97 Å². The third-order valence-corrected chi connectivity index (χ3v) is 4.79. The molecule has 130 valence electrons. The summed E-state index contributed by atoms with van der Waals surface area (Å²) in [6, 6.07) is 9.08. The molecular formula is C19H20N2O3S. The standard InChI is InChI=1S/C19H20N2O3S/c1-4-25-19-20-16-9-13(8-12(3)17(16)21-19)24-10-15-11(2)6-5-7-14(15)18(22)23/h5-9H,4,10H2,1-3H3,(H,20,21)(H,22,23). The first kappa shape index (κ1) is 17.4. The number of benzene rings is 2. The van der Waals surface area contributed by atoms with Crippen LogP contribution < -0.4 is 4.74 Å². The summed E-state index contributed by atoms with van der Waals surface area (Å²) in [5.74, 6) is 0.707. The molecule has 2 N–H and O–H groups in total. The molecule has 0 saturated carbocycles. The van der Waals surface area contributed by atoms with E-state index in [1.807, 2.05) is 32.0 Å². The summed E-state index contributed by atoms with van der Waals surface area (Å²) in [4.78, 5) is 19.3. The Morgan fingerprint density at radius 3 is 2.80 bits per heavy atom. The Labute approximate surface area is 150 Å². The van der Waals surface area contributed by atoms with Crippen molar-refractivity contribution in [3.8, 4) is 5.75 Å². The largest absolute Gasteiger partial charge is 0.489 e. The average molecular weight is 356 g/mol. The molecule has 0 spiro atoms. The van der Waals surface area contributed by atoms with Crippen molar-refractivity contribution >= 4 is 28.8 Å². The van der Waals surface area contributed by atoms with Crippen molar-refractivity contribution in [2.45, 2.75) is 32.5 Å². The number of aryl methyl sites for hydroxylation is 2. The summed E-state index contributed by atoms with van der Waals surface area (Å²) >= 11 is 1.66. The molecule has 2 aromatic carbocycles.